The first-order valence-electron chi connectivity index (χ1n) is 7.48. The van der Waals surface area contributed by atoms with E-state index >= 15 is 0 Å². The third-order valence-corrected chi connectivity index (χ3v) is 5.31. The molecule has 0 fully saturated rings. The number of carbonyl (C=O) groups is 1. The van der Waals surface area contributed by atoms with E-state index in [2.05, 4.69) is 15.3 Å². The number of nitrogens with one attached hydrogen (secondary N) is 2. The molecule has 1 aliphatic rings. The lowest BCUT2D eigenvalue weighted by atomic mass is 10.3. The van der Waals surface area contributed by atoms with Gasteiger partial charge in [0.05, 0.1) is 21.7 Å². The van der Waals surface area contributed by atoms with Crippen LogP contribution in [0.1, 0.15) is 24.6 Å². The Labute approximate surface area is 153 Å². The molecule has 1 atom stereocenters. The number of aromatic amines is 1. The fraction of sp³-hybridized carbons (Fsp3) is 0.312. The first-order valence-corrected chi connectivity index (χ1v) is 9.12. The standard InChI is InChI=1S/C16H15Cl2N3O2S/c1-8(14(22)19-13-7-9(17)5-6-11(13)18)24-16-20-12-4-2-3-10(12)15(23)21-16/h5-8H,2-4H2,1H3,(H,19,22)(H,20,21,23)/t8-/m1/s1. The zero-order valence-electron chi connectivity index (χ0n) is 12.9. The molecule has 0 bridgehead atoms. The van der Waals surface area contributed by atoms with Crippen molar-refractivity contribution in [3.8, 4) is 0 Å². The van der Waals surface area contributed by atoms with Crippen LogP contribution >= 0.6 is 35.0 Å². The molecule has 24 heavy (non-hydrogen) atoms. The molecule has 2 aromatic rings. The van der Waals surface area contributed by atoms with Gasteiger partial charge in [-0.15, -0.1) is 0 Å². The molecule has 0 unspecified atom stereocenters. The van der Waals surface area contributed by atoms with Gasteiger partial charge in [-0.2, -0.15) is 0 Å². The van der Waals surface area contributed by atoms with Crippen LogP contribution in [0.5, 0.6) is 0 Å². The third-order valence-electron chi connectivity index (χ3n) is 3.76. The van der Waals surface area contributed by atoms with Crippen LogP contribution in [-0.2, 0) is 17.6 Å². The van der Waals surface area contributed by atoms with Gasteiger partial charge in [-0.05, 0) is 44.4 Å². The molecule has 0 radical (unpaired) electrons. The monoisotopic (exact) mass is 383 g/mol. The highest BCUT2D eigenvalue weighted by Crippen LogP contribution is 2.27. The number of anilines is 1. The van der Waals surface area contributed by atoms with Gasteiger partial charge in [0, 0.05) is 10.6 Å². The van der Waals surface area contributed by atoms with E-state index in [4.69, 9.17) is 23.2 Å². The van der Waals surface area contributed by atoms with Crippen LogP contribution in [0.25, 0.3) is 0 Å². The van der Waals surface area contributed by atoms with Gasteiger partial charge in [-0.1, -0.05) is 35.0 Å². The van der Waals surface area contributed by atoms with Gasteiger partial charge < -0.3 is 10.3 Å². The predicted molar refractivity (Wildman–Crippen MR) is 97.3 cm³/mol. The highest BCUT2D eigenvalue weighted by atomic mass is 35.5. The Hall–Kier alpha value is -1.50. The molecule has 0 spiro atoms. The topological polar surface area (TPSA) is 74.8 Å². The highest BCUT2D eigenvalue weighted by molar-refractivity contribution is 8.00. The Balaban J connectivity index is 1.72. The fourth-order valence-electron chi connectivity index (χ4n) is 2.52. The molecular formula is C16H15Cl2N3O2S. The summed E-state index contributed by atoms with van der Waals surface area (Å²) in [4.78, 5) is 31.6. The van der Waals surface area contributed by atoms with Gasteiger partial charge in [-0.25, -0.2) is 4.98 Å². The molecule has 1 amide bonds. The lowest BCUT2D eigenvalue weighted by molar-refractivity contribution is -0.115. The number of H-pyrrole nitrogens is 1. The van der Waals surface area contributed by atoms with Crippen molar-refractivity contribution in [1.82, 2.24) is 9.97 Å². The smallest absolute Gasteiger partial charge is 0.254 e. The number of nitrogens with zero attached hydrogens (tertiary/aromatic N) is 1. The average Bonchev–Trinajstić information content (AvgIpc) is 2.99. The lowest BCUT2D eigenvalue weighted by Crippen LogP contribution is -2.24. The van der Waals surface area contributed by atoms with Crippen LogP contribution in [0.15, 0.2) is 28.2 Å². The van der Waals surface area contributed by atoms with E-state index in [1.54, 1.807) is 25.1 Å². The Morgan fingerprint density at radius 3 is 2.96 bits per heavy atom. The van der Waals surface area contributed by atoms with Gasteiger partial charge >= 0.3 is 0 Å². The third kappa shape index (κ3) is 3.77. The maximum absolute atomic E-state index is 12.3. The minimum atomic E-state index is -0.456. The number of fused-ring (bicyclic) bond motifs is 1. The Bertz CT molecular complexity index is 854. The number of carbonyl (C=O) groups excluding carboxylic acids is 1. The van der Waals surface area contributed by atoms with Crippen LogP contribution in [0.2, 0.25) is 10.0 Å². The summed E-state index contributed by atoms with van der Waals surface area (Å²) in [5, 5.41) is 3.64. The summed E-state index contributed by atoms with van der Waals surface area (Å²) in [6, 6.07) is 4.86. The second-order valence-corrected chi connectivity index (χ2v) is 7.70. The lowest BCUT2D eigenvalue weighted by Gasteiger charge is -2.13. The number of aryl methyl sites for hydroxylation is 1. The molecule has 5 nitrogen and oxygen atoms in total. The second-order valence-electron chi connectivity index (χ2n) is 5.52. The first-order chi connectivity index (χ1) is 11.4. The summed E-state index contributed by atoms with van der Waals surface area (Å²) in [5.74, 6) is -0.243. The van der Waals surface area contributed by atoms with Crippen molar-refractivity contribution >= 4 is 46.6 Å². The predicted octanol–water partition coefficient (Wildman–Crippen LogP) is 3.68. The van der Waals surface area contributed by atoms with E-state index < -0.39 is 5.25 Å². The van der Waals surface area contributed by atoms with E-state index in [-0.39, 0.29) is 11.5 Å². The maximum atomic E-state index is 12.3. The number of rotatable bonds is 4. The van der Waals surface area contributed by atoms with Crippen molar-refractivity contribution in [3.05, 3.63) is 49.9 Å². The van der Waals surface area contributed by atoms with Crippen molar-refractivity contribution in [2.45, 2.75) is 36.6 Å². The summed E-state index contributed by atoms with van der Waals surface area (Å²) in [5.41, 5.74) is 1.96. The number of hydrogen-bond acceptors (Lipinski definition) is 4. The van der Waals surface area contributed by atoms with Gasteiger partial charge in [0.15, 0.2) is 5.16 Å². The quantitative estimate of drug-likeness (QED) is 0.623. The average molecular weight is 384 g/mol. The van der Waals surface area contributed by atoms with E-state index in [0.717, 1.165) is 30.5 Å². The van der Waals surface area contributed by atoms with E-state index in [1.165, 1.54) is 11.8 Å². The van der Waals surface area contributed by atoms with Crippen LogP contribution in [0, 0.1) is 0 Å². The Morgan fingerprint density at radius 2 is 2.17 bits per heavy atom. The number of amides is 1. The molecule has 0 saturated carbocycles. The van der Waals surface area contributed by atoms with Crippen molar-refractivity contribution in [1.29, 1.82) is 0 Å². The largest absolute Gasteiger partial charge is 0.324 e. The van der Waals surface area contributed by atoms with Gasteiger partial charge in [0.2, 0.25) is 5.91 Å². The number of aromatic nitrogens is 2. The van der Waals surface area contributed by atoms with Gasteiger partial charge in [0.1, 0.15) is 0 Å². The van der Waals surface area contributed by atoms with Crippen molar-refractivity contribution in [2.24, 2.45) is 0 Å². The number of halogens is 2. The SMILES string of the molecule is C[C@@H](Sc1nc2c(c(=O)[nH]1)CCC2)C(=O)Nc1cc(Cl)ccc1Cl. The van der Waals surface area contributed by atoms with Crippen molar-refractivity contribution in [2.75, 3.05) is 5.32 Å². The molecule has 1 heterocycles. The van der Waals surface area contributed by atoms with Crippen LogP contribution in [0.3, 0.4) is 0 Å². The minimum absolute atomic E-state index is 0.106. The molecule has 1 aliphatic carbocycles. The molecule has 3 rings (SSSR count). The van der Waals surface area contributed by atoms with Crippen LogP contribution in [-0.4, -0.2) is 21.1 Å². The summed E-state index contributed by atoms with van der Waals surface area (Å²) >= 11 is 13.2. The number of thioether (sulfide) groups is 1. The van der Waals surface area contributed by atoms with E-state index in [9.17, 15) is 9.59 Å². The number of benzene rings is 1. The molecular weight excluding hydrogens is 369 g/mol. The van der Waals surface area contributed by atoms with Gasteiger partial charge in [-0.3, -0.25) is 9.59 Å². The normalized spacial score (nSPS) is 14.3. The van der Waals surface area contributed by atoms with Crippen LogP contribution in [0.4, 0.5) is 5.69 Å². The highest BCUT2D eigenvalue weighted by Gasteiger charge is 2.21. The maximum Gasteiger partial charge on any atom is 0.254 e. The molecule has 0 aliphatic heterocycles. The van der Waals surface area contributed by atoms with E-state index in [0.29, 0.717) is 20.9 Å². The second kappa shape index (κ2) is 7.17. The molecule has 126 valence electrons. The minimum Gasteiger partial charge on any atom is -0.324 e. The molecule has 2 N–H and O–H groups in total. The zero-order valence-corrected chi connectivity index (χ0v) is 15.2. The summed E-state index contributed by atoms with van der Waals surface area (Å²) in [6.45, 7) is 1.74. The molecule has 1 aromatic carbocycles. The van der Waals surface area contributed by atoms with Crippen molar-refractivity contribution < 1.29 is 4.79 Å². The molecule has 1 aromatic heterocycles. The summed E-state index contributed by atoms with van der Waals surface area (Å²) in [6.07, 6.45) is 2.53. The molecule has 8 heteroatoms. The summed E-state index contributed by atoms with van der Waals surface area (Å²) in [7, 11) is 0. The zero-order chi connectivity index (χ0) is 17.3. The first kappa shape index (κ1) is 17.3. The molecule has 0 saturated heterocycles. The Kier molecular flexibility index (Phi) is 5.18. The summed E-state index contributed by atoms with van der Waals surface area (Å²) < 4.78 is 0. The fourth-order valence-corrected chi connectivity index (χ4v) is 3.68. The Morgan fingerprint density at radius 1 is 1.38 bits per heavy atom. The van der Waals surface area contributed by atoms with Crippen LogP contribution < -0.4 is 10.9 Å². The van der Waals surface area contributed by atoms with Gasteiger partial charge in [0.25, 0.3) is 5.56 Å². The van der Waals surface area contributed by atoms with Crippen molar-refractivity contribution in [3.63, 3.8) is 0 Å². The van der Waals surface area contributed by atoms with E-state index in [1.807, 2.05) is 0 Å². The number of hydrogen-bond donors (Lipinski definition) is 2.